The van der Waals surface area contributed by atoms with Crippen LogP contribution < -0.4 is 9.47 Å². The highest BCUT2D eigenvalue weighted by Crippen LogP contribution is 2.26. The maximum absolute atomic E-state index is 12.9. The molecule has 0 saturated carbocycles. The van der Waals surface area contributed by atoms with Gasteiger partial charge in [0.1, 0.15) is 23.9 Å². The summed E-state index contributed by atoms with van der Waals surface area (Å²) < 4.78 is 24.1. The Bertz CT molecular complexity index is 943. The van der Waals surface area contributed by atoms with E-state index in [9.17, 15) is 9.18 Å². The summed E-state index contributed by atoms with van der Waals surface area (Å²) in [7, 11) is 0. The summed E-state index contributed by atoms with van der Waals surface area (Å²) in [5, 5.41) is 7.36. The molecule has 1 N–H and O–H groups in total. The fraction of sp³-hybridized carbons (Fsp3) is 0.273. The molecule has 0 bridgehead atoms. The summed E-state index contributed by atoms with van der Waals surface area (Å²) in [6, 6.07) is 17.2. The number of aromatic amines is 1. The number of hydrogen-bond acceptors (Lipinski definition) is 4. The molecule has 0 unspecified atom stereocenters. The Morgan fingerprint density at radius 3 is 2.66 bits per heavy atom. The third kappa shape index (κ3) is 4.93. The number of ether oxygens (including phenoxy) is 2. The number of carbonyl (C=O) groups is 1. The number of H-pyrrole nitrogens is 1. The van der Waals surface area contributed by atoms with Gasteiger partial charge in [0.15, 0.2) is 6.61 Å². The van der Waals surface area contributed by atoms with E-state index in [0.29, 0.717) is 31.2 Å². The Kier molecular flexibility index (Phi) is 5.74. The number of amides is 1. The minimum absolute atomic E-state index is 0.0215. The molecule has 2 aromatic carbocycles. The van der Waals surface area contributed by atoms with Gasteiger partial charge in [-0.3, -0.25) is 9.89 Å². The number of hydrogen-bond donors (Lipinski definition) is 1. The molecule has 0 radical (unpaired) electrons. The third-order valence-corrected chi connectivity index (χ3v) is 4.92. The van der Waals surface area contributed by atoms with E-state index in [1.165, 1.54) is 12.1 Å². The van der Waals surface area contributed by atoms with Gasteiger partial charge < -0.3 is 14.4 Å². The molecule has 0 aliphatic carbocycles. The number of benzene rings is 2. The van der Waals surface area contributed by atoms with Crippen LogP contribution in [0, 0.1) is 5.82 Å². The highest BCUT2D eigenvalue weighted by molar-refractivity contribution is 5.78. The van der Waals surface area contributed by atoms with Gasteiger partial charge >= 0.3 is 0 Å². The summed E-state index contributed by atoms with van der Waals surface area (Å²) >= 11 is 0. The molecule has 0 spiro atoms. The Hall–Kier alpha value is -3.35. The zero-order valence-corrected chi connectivity index (χ0v) is 15.9. The van der Waals surface area contributed by atoms with E-state index in [0.717, 1.165) is 17.8 Å². The van der Waals surface area contributed by atoms with Crippen molar-refractivity contribution in [1.82, 2.24) is 15.1 Å². The third-order valence-electron chi connectivity index (χ3n) is 4.92. The standard InChI is InChI=1S/C22H22FN3O3/c23-17-6-8-20(9-7-17)28-14-18-12-21(25-24-18)16-10-11-26(13-16)22(27)15-29-19-4-2-1-3-5-19/h1-9,12,16H,10-11,13-15H2,(H,24,25)/t16-/m1/s1. The highest BCUT2D eigenvalue weighted by Gasteiger charge is 2.29. The molecule has 1 fully saturated rings. The van der Waals surface area contributed by atoms with Gasteiger partial charge in [-0.25, -0.2) is 4.39 Å². The van der Waals surface area contributed by atoms with E-state index in [4.69, 9.17) is 9.47 Å². The van der Waals surface area contributed by atoms with Crippen LogP contribution in [0.3, 0.4) is 0 Å². The summed E-state index contributed by atoms with van der Waals surface area (Å²) in [4.78, 5) is 14.2. The molecule has 1 aliphatic rings. The number of nitrogens with one attached hydrogen (secondary N) is 1. The largest absolute Gasteiger partial charge is 0.487 e. The van der Waals surface area contributed by atoms with Crippen molar-refractivity contribution in [3.8, 4) is 11.5 Å². The summed E-state index contributed by atoms with van der Waals surface area (Å²) in [6.07, 6.45) is 0.861. The average molecular weight is 395 g/mol. The number of likely N-dealkylation sites (tertiary alicyclic amines) is 1. The second kappa shape index (κ2) is 8.77. The van der Waals surface area contributed by atoms with E-state index < -0.39 is 0 Å². The van der Waals surface area contributed by atoms with Crippen LogP contribution in [0.5, 0.6) is 11.5 Å². The molecule has 7 heteroatoms. The van der Waals surface area contributed by atoms with Crippen molar-refractivity contribution in [2.24, 2.45) is 0 Å². The second-order valence-electron chi connectivity index (χ2n) is 6.99. The maximum atomic E-state index is 12.9. The lowest BCUT2D eigenvalue weighted by atomic mass is 10.1. The van der Waals surface area contributed by atoms with Crippen molar-refractivity contribution in [3.05, 3.63) is 77.9 Å². The van der Waals surface area contributed by atoms with E-state index in [1.54, 1.807) is 12.1 Å². The van der Waals surface area contributed by atoms with Crippen LogP contribution >= 0.6 is 0 Å². The number of para-hydroxylation sites is 1. The van der Waals surface area contributed by atoms with Crippen LogP contribution in [0.1, 0.15) is 23.7 Å². The predicted molar refractivity (Wildman–Crippen MR) is 105 cm³/mol. The van der Waals surface area contributed by atoms with Crippen molar-refractivity contribution in [2.75, 3.05) is 19.7 Å². The Balaban J connectivity index is 1.26. The van der Waals surface area contributed by atoms with E-state index in [1.807, 2.05) is 41.3 Å². The van der Waals surface area contributed by atoms with Crippen molar-refractivity contribution in [3.63, 3.8) is 0 Å². The molecular weight excluding hydrogens is 373 g/mol. The minimum atomic E-state index is -0.296. The Morgan fingerprint density at radius 2 is 1.86 bits per heavy atom. The molecule has 1 amide bonds. The van der Waals surface area contributed by atoms with Crippen LogP contribution in [-0.4, -0.2) is 40.7 Å². The van der Waals surface area contributed by atoms with Crippen molar-refractivity contribution in [2.45, 2.75) is 18.9 Å². The number of halogens is 1. The van der Waals surface area contributed by atoms with Crippen LogP contribution in [0.4, 0.5) is 4.39 Å². The molecular formula is C22H22FN3O3. The Labute approximate surface area is 168 Å². The average Bonchev–Trinajstić information content (AvgIpc) is 3.42. The molecule has 1 atom stereocenters. The number of rotatable bonds is 7. The zero-order chi connectivity index (χ0) is 20.1. The number of nitrogens with zero attached hydrogens (tertiary/aromatic N) is 2. The summed E-state index contributed by atoms with van der Waals surface area (Å²) in [5.41, 5.74) is 1.75. The van der Waals surface area contributed by atoms with Gasteiger partial charge in [0.05, 0.1) is 11.4 Å². The fourth-order valence-electron chi connectivity index (χ4n) is 3.34. The van der Waals surface area contributed by atoms with Gasteiger partial charge in [-0.1, -0.05) is 18.2 Å². The van der Waals surface area contributed by atoms with Gasteiger partial charge in [-0.05, 0) is 48.9 Å². The normalized spacial score (nSPS) is 16.0. The molecule has 6 nitrogen and oxygen atoms in total. The zero-order valence-electron chi connectivity index (χ0n) is 15.9. The smallest absolute Gasteiger partial charge is 0.260 e. The first-order chi connectivity index (χ1) is 14.2. The second-order valence-corrected chi connectivity index (χ2v) is 6.99. The fourth-order valence-corrected chi connectivity index (χ4v) is 3.34. The lowest BCUT2D eigenvalue weighted by Crippen LogP contribution is -2.32. The van der Waals surface area contributed by atoms with Crippen LogP contribution in [-0.2, 0) is 11.4 Å². The van der Waals surface area contributed by atoms with Crippen LogP contribution in [0.25, 0.3) is 0 Å². The molecule has 1 aromatic heterocycles. The molecule has 150 valence electrons. The van der Waals surface area contributed by atoms with Crippen LogP contribution in [0.15, 0.2) is 60.7 Å². The molecule has 4 rings (SSSR count). The number of aromatic nitrogens is 2. The Morgan fingerprint density at radius 1 is 1.10 bits per heavy atom. The predicted octanol–water partition coefficient (Wildman–Crippen LogP) is 3.52. The summed E-state index contributed by atoms with van der Waals surface area (Å²) in [5.74, 6) is 1.15. The molecule has 3 aromatic rings. The van der Waals surface area contributed by atoms with Gasteiger partial charge in [-0.15, -0.1) is 0 Å². The first kappa shape index (κ1) is 19.0. The monoisotopic (exact) mass is 395 g/mol. The quantitative estimate of drug-likeness (QED) is 0.665. The maximum Gasteiger partial charge on any atom is 0.260 e. The molecule has 2 heterocycles. The van der Waals surface area contributed by atoms with Crippen molar-refractivity contribution in [1.29, 1.82) is 0 Å². The molecule has 1 aliphatic heterocycles. The summed E-state index contributed by atoms with van der Waals surface area (Å²) in [6.45, 7) is 1.67. The first-order valence-electron chi connectivity index (χ1n) is 9.55. The molecule has 29 heavy (non-hydrogen) atoms. The van der Waals surface area contributed by atoms with Crippen LogP contribution in [0.2, 0.25) is 0 Å². The van der Waals surface area contributed by atoms with E-state index >= 15 is 0 Å². The minimum Gasteiger partial charge on any atom is -0.487 e. The molecule has 1 saturated heterocycles. The van der Waals surface area contributed by atoms with Crippen molar-refractivity contribution >= 4 is 5.91 Å². The van der Waals surface area contributed by atoms with Crippen molar-refractivity contribution < 1.29 is 18.7 Å². The number of carbonyl (C=O) groups excluding carboxylic acids is 1. The van der Waals surface area contributed by atoms with E-state index in [-0.39, 0.29) is 24.2 Å². The topological polar surface area (TPSA) is 67.4 Å². The van der Waals surface area contributed by atoms with Gasteiger partial charge in [0.25, 0.3) is 5.91 Å². The highest BCUT2D eigenvalue weighted by atomic mass is 19.1. The lowest BCUT2D eigenvalue weighted by Gasteiger charge is -2.16. The van der Waals surface area contributed by atoms with E-state index in [2.05, 4.69) is 10.2 Å². The van der Waals surface area contributed by atoms with Gasteiger partial charge in [0, 0.05) is 19.0 Å². The van der Waals surface area contributed by atoms with Gasteiger partial charge in [-0.2, -0.15) is 5.10 Å². The first-order valence-corrected chi connectivity index (χ1v) is 9.55. The lowest BCUT2D eigenvalue weighted by molar-refractivity contribution is -0.132. The van der Waals surface area contributed by atoms with Gasteiger partial charge in [0.2, 0.25) is 0 Å². The SMILES string of the molecule is O=C(COc1ccccc1)N1CC[C@@H](c2cc(COc3ccc(F)cc3)[nH]n2)C1.